The van der Waals surface area contributed by atoms with Crippen LogP contribution >= 0.6 is 0 Å². The molecule has 0 saturated heterocycles. The molecule has 0 aliphatic carbocycles. The molecule has 2 N–H and O–H groups in total. The average molecular weight is 231 g/mol. The van der Waals surface area contributed by atoms with Crippen molar-refractivity contribution in [1.82, 2.24) is 15.1 Å². The summed E-state index contributed by atoms with van der Waals surface area (Å²) in [6.45, 7) is 6.11. The molecular weight excluding hydrogens is 218 g/mol. The zero-order valence-electron chi connectivity index (χ0n) is 9.47. The summed E-state index contributed by atoms with van der Waals surface area (Å²) < 4.78 is 4.95. The van der Waals surface area contributed by atoms with Crippen LogP contribution in [0.25, 0.3) is 0 Å². The molecule has 0 radical (unpaired) electrons. The monoisotopic (exact) mass is 231 g/mol. The Balaban J connectivity index is 2.08. The van der Waals surface area contributed by atoms with Crippen LogP contribution in [0, 0.1) is 6.92 Å². The molecule has 0 aliphatic heterocycles. The van der Waals surface area contributed by atoms with E-state index in [0.717, 1.165) is 11.6 Å². The number of aromatic nitrogens is 3. The predicted octanol–water partition coefficient (Wildman–Crippen LogP) is 2.11. The third-order valence-corrected chi connectivity index (χ3v) is 1.98. The standard InChI is InChI=1S/C11H13N5O/c1-3-4-12-9-6-10(14-7-13-9)15-11-5-8(2)17-16-11/h3,5-7H,1,4H2,2H3,(H2,12,13,14,15,16). The van der Waals surface area contributed by atoms with Gasteiger partial charge in [0.1, 0.15) is 23.7 Å². The summed E-state index contributed by atoms with van der Waals surface area (Å²) in [5.74, 6) is 2.74. The van der Waals surface area contributed by atoms with E-state index < -0.39 is 0 Å². The van der Waals surface area contributed by atoms with Gasteiger partial charge in [-0.15, -0.1) is 6.58 Å². The molecule has 2 rings (SSSR count). The van der Waals surface area contributed by atoms with Crippen molar-refractivity contribution in [2.24, 2.45) is 0 Å². The van der Waals surface area contributed by atoms with Crippen molar-refractivity contribution in [3.05, 3.63) is 36.9 Å². The Morgan fingerprint density at radius 1 is 1.29 bits per heavy atom. The van der Waals surface area contributed by atoms with Crippen molar-refractivity contribution in [3.8, 4) is 0 Å². The Labute approximate surface area is 98.8 Å². The van der Waals surface area contributed by atoms with Crippen LogP contribution < -0.4 is 10.6 Å². The summed E-state index contributed by atoms with van der Waals surface area (Å²) in [5.41, 5.74) is 0. The fourth-order valence-corrected chi connectivity index (χ4v) is 1.26. The van der Waals surface area contributed by atoms with Crippen LogP contribution in [-0.4, -0.2) is 21.7 Å². The Kier molecular flexibility index (Phi) is 3.34. The first kappa shape index (κ1) is 11.1. The number of hydrogen-bond acceptors (Lipinski definition) is 6. The van der Waals surface area contributed by atoms with Crippen molar-refractivity contribution >= 4 is 17.5 Å². The zero-order valence-corrected chi connectivity index (χ0v) is 9.47. The van der Waals surface area contributed by atoms with Gasteiger partial charge in [0.25, 0.3) is 0 Å². The largest absolute Gasteiger partial charge is 0.366 e. The van der Waals surface area contributed by atoms with E-state index in [1.807, 2.05) is 6.92 Å². The summed E-state index contributed by atoms with van der Waals surface area (Å²) in [6.07, 6.45) is 3.23. The second-order valence-electron chi connectivity index (χ2n) is 3.41. The van der Waals surface area contributed by atoms with Gasteiger partial charge >= 0.3 is 0 Å². The van der Waals surface area contributed by atoms with E-state index in [1.54, 1.807) is 18.2 Å². The third-order valence-electron chi connectivity index (χ3n) is 1.98. The average Bonchev–Trinajstić information content (AvgIpc) is 2.73. The van der Waals surface area contributed by atoms with E-state index in [0.29, 0.717) is 18.2 Å². The van der Waals surface area contributed by atoms with E-state index in [9.17, 15) is 0 Å². The Bertz CT molecular complexity index is 508. The minimum absolute atomic E-state index is 0.621. The van der Waals surface area contributed by atoms with Gasteiger partial charge in [-0.25, -0.2) is 9.97 Å². The molecular formula is C11H13N5O. The molecule has 88 valence electrons. The molecule has 2 aromatic heterocycles. The van der Waals surface area contributed by atoms with Crippen LogP contribution in [0.5, 0.6) is 0 Å². The van der Waals surface area contributed by atoms with Crippen molar-refractivity contribution in [2.75, 3.05) is 17.2 Å². The maximum Gasteiger partial charge on any atom is 0.175 e. The van der Waals surface area contributed by atoms with E-state index in [2.05, 4.69) is 32.3 Å². The predicted molar refractivity (Wildman–Crippen MR) is 65.2 cm³/mol. The highest BCUT2D eigenvalue weighted by atomic mass is 16.5. The molecule has 0 amide bonds. The Hall–Kier alpha value is -2.37. The van der Waals surface area contributed by atoms with Gasteiger partial charge in [-0.2, -0.15) is 0 Å². The van der Waals surface area contributed by atoms with Crippen molar-refractivity contribution in [3.63, 3.8) is 0 Å². The molecule has 2 heterocycles. The van der Waals surface area contributed by atoms with Crippen LogP contribution in [0.2, 0.25) is 0 Å². The number of aryl methyl sites for hydroxylation is 1. The van der Waals surface area contributed by atoms with Gasteiger partial charge in [-0.3, -0.25) is 0 Å². The first-order chi connectivity index (χ1) is 8.28. The quantitative estimate of drug-likeness (QED) is 0.767. The molecule has 2 aromatic rings. The number of anilines is 3. The van der Waals surface area contributed by atoms with Crippen LogP contribution in [0.15, 0.2) is 35.6 Å². The van der Waals surface area contributed by atoms with Gasteiger partial charge in [0.2, 0.25) is 0 Å². The van der Waals surface area contributed by atoms with Gasteiger partial charge in [0.05, 0.1) is 0 Å². The lowest BCUT2D eigenvalue weighted by Gasteiger charge is -2.04. The molecule has 6 nitrogen and oxygen atoms in total. The maximum absolute atomic E-state index is 4.95. The van der Waals surface area contributed by atoms with Gasteiger partial charge in [-0.05, 0) is 6.92 Å². The summed E-state index contributed by atoms with van der Waals surface area (Å²) in [5, 5.41) is 9.91. The smallest absolute Gasteiger partial charge is 0.175 e. The SMILES string of the molecule is C=CCNc1cc(Nc2cc(C)on2)ncn1. The number of nitrogens with zero attached hydrogens (tertiary/aromatic N) is 3. The van der Waals surface area contributed by atoms with Crippen LogP contribution in [0.4, 0.5) is 17.5 Å². The molecule has 0 unspecified atom stereocenters. The van der Waals surface area contributed by atoms with E-state index in [1.165, 1.54) is 6.33 Å². The van der Waals surface area contributed by atoms with Crippen molar-refractivity contribution < 1.29 is 4.52 Å². The first-order valence-electron chi connectivity index (χ1n) is 5.15. The highest BCUT2D eigenvalue weighted by Crippen LogP contribution is 2.15. The summed E-state index contributed by atoms with van der Waals surface area (Å²) in [6, 6.07) is 3.58. The topological polar surface area (TPSA) is 75.9 Å². The second kappa shape index (κ2) is 5.11. The van der Waals surface area contributed by atoms with Gasteiger partial charge in [0.15, 0.2) is 5.82 Å². The fraction of sp³-hybridized carbons (Fsp3) is 0.182. The van der Waals surface area contributed by atoms with E-state index >= 15 is 0 Å². The highest BCUT2D eigenvalue weighted by Gasteiger charge is 2.02. The lowest BCUT2D eigenvalue weighted by molar-refractivity contribution is 0.400. The van der Waals surface area contributed by atoms with Crippen LogP contribution in [0.1, 0.15) is 5.76 Å². The van der Waals surface area contributed by atoms with E-state index in [4.69, 9.17) is 4.52 Å². The number of nitrogens with one attached hydrogen (secondary N) is 2. The highest BCUT2D eigenvalue weighted by molar-refractivity contribution is 5.55. The zero-order chi connectivity index (χ0) is 12.1. The van der Waals surface area contributed by atoms with Gasteiger partial charge in [0, 0.05) is 18.7 Å². The molecule has 0 fully saturated rings. The van der Waals surface area contributed by atoms with Crippen molar-refractivity contribution in [1.29, 1.82) is 0 Å². The summed E-state index contributed by atoms with van der Waals surface area (Å²) in [7, 11) is 0. The minimum Gasteiger partial charge on any atom is -0.366 e. The van der Waals surface area contributed by atoms with Crippen LogP contribution in [0.3, 0.4) is 0 Å². The molecule has 0 saturated carbocycles. The minimum atomic E-state index is 0.621. The lowest BCUT2D eigenvalue weighted by atomic mass is 10.4. The summed E-state index contributed by atoms with van der Waals surface area (Å²) in [4.78, 5) is 8.15. The molecule has 6 heteroatoms. The van der Waals surface area contributed by atoms with Crippen molar-refractivity contribution in [2.45, 2.75) is 6.92 Å². The van der Waals surface area contributed by atoms with Crippen LogP contribution in [-0.2, 0) is 0 Å². The lowest BCUT2D eigenvalue weighted by Crippen LogP contribution is -2.02. The Morgan fingerprint density at radius 3 is 2.82 bits per heavy atom. The maximum atomic E-state index is 4.95. The molecule has 17 heavy (non-hydrogen) atoms. The molecule has 0 aromatic carbocycles. The fourth-order valence-electron chi connectivity index (χ4n) is 1.26. The molecule has 0 bridgehead atoms. The molecule has 0 aliphatic rings. The second-order valence-corrected chi connectivity index (χ2v) is 3.41. The molecule has 0 atom stereocenters. The molecule has 0 spiro atoms. The van der Waals surface area contributed by atoms with E-state index in [-0.39, 0.29) is 0 Å². The third kappa shape index (κ3) is 3.04. The van der Waals surface area contributed by atoms with Gasteiger partial charge in [-0.1, -0.05) is 11.2 Å². The first-order valence-corrected chi connectivity index (χ1v) is 5.15. The Morgan fingerprint density at radius 2 is 2.12 bits per heavy atom. The van der Waals surface area contributed by atoms with Gasteiger partial charge < -0.3 is 15.2 Å². The normalized spacial score (nSPS) is 9.94. The number of hydrogen-bond donors (Lipinski definition) is 2. The summed E-state index contributed by atoms with van der Waals surface area (Å²) >= 11 is 0. The number of rotatable bonds is 5.